The SMILES string of the molecule is CC1CN(S(=O)(=O)c2ccc(OCc3ccccc3)cc2)C(C(=O)O)C(C(C)C)O1. The van der Waals surface area contributed by atoms with Crippen molar-refractivity contribution in [3.63, 3.8) is 0 Å². The molecule has 0 bridgehead atoms. The second kappa shape index (κ2) is 9.16. The fourth-order valence-electron chi connectivity index (χ4n) is 3.53. The molecule has 1 N–H and O–H groups in total. The molecule has 162 valence electrons. The van der Waals surface area contributed by atoms with Crippen molar-refractivity contribution in [2.24, 2.45) is 5.92 Å². The number of nitrogens with zero attached hydrogens (tertiary/aromatic N) is 1. The Kier molecular flexibility index (Phi) is 6.80. The normalized spacial score (nSPS) is 22.7. The molecular formula is C22H27NO6S. The second-order valence-electron chi connectivity index (χ2n) is 7.76. The van der Waals surface area contributed by atoms with Gasteiger partial charge in [0.15, 0.2) is 0 Å². The summed E-state index contributed by atoms with van der Waals surface area (Å²) in [6.07, 6.45) is -1.13. The molecule has 30 heavy (non-hydrogen) atoms. The van der Waals surface area contributed by atoms with Crippen LogP contribution in [0.2, 0.25) is 0 Å². The van der Waals surface area contributed by atoms with Crippen LogP contribution in [0.4, 0.5) is 0 Å². The van der Waals surface area contributed by atoms with Crippen molar-refractivity contribution in [1.82, 2.24) is 4.31 Å². The Morgan fingerprint density at radius 1 is 1.17 bits per heavy atom. The lowest BCUT2D eigenvalue weighted by Gasteiger charge is -2.42. The van der Waals surface area contributed by atoms with Gasteiger partial charge in [0, 0.05) is 6.54 Å². The molecule has 0 spiro atoms. The highest BCUT2D eigenvalue weighted by atomic mass is 32.2. The lowest BCUT2D eigenvalue weighted by Crippen LogP contribution is -2.60. The number of hydrogen-bond donors (Lipinski definition) is 1. The lowest BCUT2D eigenvalue weighted by molar-refractivity contribution is -0.161. The van der Waals surface area contributed by atoms with Crippen molar-refractivity contribution in [2.45, 2.75) is 50.5 Å². The highest BCUT2D eigenvalue weighted by molar-refractivity contribution is 7.89. The van der Waals surface area contributed by atoms with E-state index in [-0.39, 0.29) is 17.4 Å². The molecule has 1 aliphatic rings. The maximum absolute atomic E-state index is 13.3. The second-order valence-corrected chi connectivity index (χ2v) is 9.65. The Morgan fingerprint density at radius 2 is 1.80 bits per heavy atom. The minimum atomic E-state index is -4.02. The summed E-state index contributed by atoms with van der Waals surface area (Å²) >= 11 is 0. The maximum Gasteiger partial charge on any atom is 0.324 e. The monoisotopic (exact) mass is 433 g/mol. The molecule has 0 amide bonds. The Morgan fingerprint density at radius 3 is 2.37 bits per heavy atom. The molecule has 1 aliphatic heterocycles. The summed E-state index contributed by atoms with van der Waals surface area (Å²) in [6, 6.07) is 14.4. The molecule has 0 aromatic heterocycles. The third-order valence-electron chi connectivity index (χ3n) is 5.04. The summed E-state index contributed by atoms with van der Waals surface area (Å²) in [5.41, 5.74) is 1.00. The Hall–Kier alpha value is -2.42. The van der Waals surface area contributed by atoms with Gasteiger partial charge in [-0.05, 0) is 42.7 Å². The van der Waals surface area contributed by atoms with Crippen LogP contribution in [0.1, 0.15) is 26.3 Å². The van der Waals surface area contributed by atoms with Crippen LogP contribution in [0.5, 0.6) is 5.75 Å². The summed E-state index contributed by atoms with van der Waals surface area (Å²) < 4.78 is 39.1. The molecule has 1 heterocycles. The molecule has 0 aliphatic carbocycles. The summed E-state index contributed by atoms with van der Waals surface area (Å²) in [4.78, 5) is 12.0. The third kappa shape index (κ3) is 4.83. The number of carboxylic acid groups (broad SMARTS) is 1. The number of carbonyl (C=O) groups is 1. The fraction of sp³-hybridized carbons (Fsp3) is 0.409. The van der Waals surface area contributed by atoms with Crippen LogP contribution in [0.3, 0.4) is 0 Å². The molecule has 0 saturated carbocycles. The van der Waals surface area contributed by atoms with Gasteiger partial charge >= 0.3 is 5.97 Å². The highest BCUT2D eigenvalue weighted by Gasteiger charge is 2.47. The van der Waals surface area contributed by atoms with E-state index < -0.39 is 34.2 Å². The number of benzene rings is 2. The number of morpholine rings is 1. The molecule has 1 saturated heterocycles. The van der Waals surface area contributed by atoms with Gasteiger partial charge in [-0.3, -0.25) is 4.79 Å². The minimum absolute atomic E-state index is 0.0191. The molecule has 3 unspecified atom stereocenters. The van der Waals surface area contributed by atoms with Gasteiger partial charge in [0.25, 0.3) is 0 Å². The number of aliphatic carboxylic acids is 1. The van der Waals surface area contributed by atoms with Crippen LogP contribution in [-0.4, -0.2) is 48.6 Å². The van der Waals surface area contributed by atoms with Gasteiger partial charge in [-0.25, -0.2) is 8.42 Å². The molecule has 0 radical (unpaired) electrons. The van der Waals surface area contributed by atoms with Crippen LogP contribution in [0, 0.1) is 5.92 Å². The van der Waals surface area contributed by atoms with E-state index in [2.05, 4.69) is 0 Å². The highest BCUT2D eigenvalue weighted by Crippen LogP contribution is 2.30. The topological polar surface area (TPSA) is 93.1 Å². The van der Waals surface area contributed by atoms with E-state index in [0.29, 0.717) is 12.4 Å². The summed E-state index contributed by atoms with van der Waals surface area (Å²) in [7, 11) is -4.02. The molecule has 3 atom stereocenters. The molecule has 2 aromatic carbocycles. The van der Waals surface area contributed by atoms with Gasteiger partial charge in [0.1, 0.15) is 18.4 Å². The maximum atomic E-state index is 13.3. The van der Waals surface area contributed by atoms with Gasteiger partial charge < -0.3 is 14.6 Å². The fourth-order valence-corrected chi connectivity index (χ4v) is 5.20. The van der Waals surface area contributed by atoms with Crippen LogP contribution in [-0.2, 0) is 26.2 Å². The van der Waals surface area contributed by atoms with E-state index >= 15 is 0 Å². The first-order valence-electron chi connectivity index (χ1n) is 9.87. The third-order valence-corrected chi connectivity index (χ3v) is 6.90. The van der Waals surface area contributed by atoms with E-state index in [4.69, 9.17) is 9.47 Å². The van der Waals surface area contributed by atoms with Crippen LogP contribution in [0.15, 0.2) is 59.5 Å². The lowest BCUT2D eigenvalue weighted by atomic mass is 9.97. The Labute approximate surface area is 177 Å². The van der Waals surface area contributed by atoms with Crippen molar-refractivity contribution in [3.05, 3.63) is 60.2 Å². The first-order valence-corrected chi connectivity index (χ1v) is 11.3. The largest absolute Gasteiger partial charge is 0.489 e. The van der Waals surface area contributed by atoms with Crippen LogP contribution >= 0.6 is 0 Å². The van der Waals surface area contributed by atoms with Crippen LogP contribution < -0.4 is 4.74 Å². The van der Waals surface area contributed by atoms with E-state index in [0.717, 1.165) is 9.87 Å². The van der Waals surface area contributed by atoms with Crippen molar-refractivity contribution in [1.29, 1.82) is 0 Å². The summed E-state index contributed by atoms with van der Waals surface area (Å²) in [5.74, 6) is -0.838. The van der Waals surface area contributed by atoms with E-state index in [9.17, 15) is 18.3 Å². The Balaban J connectivity index is 1.81. The average molecular weight is 434 g/mol. The number of hydrogen-bond acceptors (Lipinski definition) is 5. The number of sulfonamides is 1. The quantitative estimate of drug-likeness (QED) is 0.721. The van der Waals surface area contributed by atoms with Crippen molar-refractivity contribution < 1.29 is 27.8 Å². The standard InChI is InChI=1S/C22H27NO6S/c1-15(2)21-20(22(24)25)23(13-16(3)29-21)30(26,27)19-11-9-18(10-12-19)28-14-17-7-5-4-6-8-17/h4-12,15-16,20-21H,13-14H2,1-3H3,(H,24,25). The molecule has 2 aromatic rings. The predicted octanol–water partition coefficient (Wildman–Crippen LogP) is 3.15. The number of rotatable bonds is 7. The number of carboxylic acids is 1. The van der Waals surface area contributed by atoms with E-state index in [1.165, 1.54) is 12.1 Å². The van der Waals surface area contributed by atoms with E-state index in [1.807, 2.05) is 44.2 Å². The zero-order chi connectivity index (χ0) is 21.9. The van der Waals surface area contributed by atoms with Gasteiger partial charge in [-0.15, -0.1) is 0 Å². The summed E-state index contributed by atoms with van der Waals surface area (Å²) in [6.45, 7) is 5.74. The zero-order valence-electron chi connectivity index (χ0n) is 17.3. The first-order chi connectivity index (χ1) is 14.2. The molecule has 1 fully saturated rings. The number of ether oxygens (including phenoxy) is 2. The van der Waals surface area contributed by atoms with Gasteiger partial charge in [0.2, 0.25) is 10.0 Å². The molecule has 8 heteroatoms. The minimum Gasteiger partial charge on any atom is -0.489 e. The van der Waals surface area contributed by atoms with Crippen LogP contribution in [0.25, 0.3) is 0 Å². The molecular weight excluding hydrogens is 406 g/mol. The molecule has 3 rings (SSSR count). The predicted molar refractivity (Wildman–Crippen MR) is 112 cm³/mol. The van der Waals surface area contributed by atoms with E-state index in [1.54, 1.807) is 19.1 Å². The van der Waals surface area contributed by atoms with Crippen molar-refractivity contribution in [2.75, 3.05) is 6.54 Å². The van der Waals surface area contributed by atoms with Gasteiger partial charge in [-0.1, -0.05) is 44.2 Å². The van der Waals surface area contributed by atoms with Gasteiger partial charge in [-0.2, -0.15) is 4.31 Å². The molecule has 7 nitrogen and oxygen atoms in total. The average Bonchev–Trinajstić information content (AvgIpc) is 2.72. The Bertz CT molecular complexity index is 959. The smallest absolute Gasteiger partial charge is 0.324 e. The summed E-state index contributed by atoms with van der Waals surface area (Å²) in [5, 5.41) is 9.74. The van der Waals surface area contributed by atoms with Crippen molar-refractivity contribution >= 4 is 16.0 Å². The zero-order valence-corrected chi connectivity index (χ0v) is 18.1. The van der Waals surface area contributed by atoms with Crippen molar-refractivity contribution in [3.8, 4) is 5.75 Å². The first kappa shape index (κ1) is 22.3. The van der Waals surface area contributed by atoms with Gasteiger partial charge in [0.05, 0.1) is 17.1 Å².